The van der Waals surface area contributed by atoms with E-state index in [-0.39, 0.29) is 19.6 Å². The zero-order valence-electron chi connectivity index (χ0n) is 18.3. The Morgan fingerprint density at radius 3 is 2.64 bits per heavy atom. The number of ether oxygens (including phenoxy) is 4. The van der Waals surface area contributed by atoms with Crippen LogP contribution in [0.5, 0.6) is 0 Å². The smallest absolute Gasteiger partial charge is 0.408 e. The van der Waals surface area contributed by atoms with Gasteiger partial charge in [0.05, 0.1) is 32.1 Å². The normalized spacial score (nSPS) is 23.6. The van der Waals surface area contributed by atoms with E-state index in [0.717, 1.165) is 18.9 Å². The quantitative estimate of drug-likeness (QED) is 0.169. The molecule has 0 spiro atoms. The zero-order chi connectivity index (χ0) is 24.4. The number of esters is 1. The minimum atomic E-state index is -3.77. The first-order valence-corrected chi connectivity index (χ1v) is 11.7. The van der Waals surface area contributed by atoms with Gasteiger partial charge in [-0.25, -0.2) is 9.59 Å². The summed E-state index contributed by atoms with van der Waals surface area (Å²) in [6.45, 7) is 1.17. The standard InChI is InChI=1S/C19H26N4O9S/c1-12-16(32-33(3,26)27)9-14(22-23-20)18(31-12)29-11-15(17(24)28-2)21-19(25)30-10-13-7-5-4-6-8-13/h4-8,12,14-16,18H,9-11H2,1-3H3,(H,21,25)/t12-,14-,15+,16+,18-/m1/s1. The minimum Gasteiger partial charge on any atom is -0.467 e. The number of hydrogen-bond donors (Lipinski definition) is 1. The number of rotatable bonds is 10. The highest BCUT2D eigenvalue weighted by Gasteiger charge is 2.39. The lowest BCUT2D eigenvalue weighted by molar-refractivity contribution is -0.223. The average molecular weight is 487 g/mol. The summed E-state index contributed by atoms with van der Waals surface area (Å²) in [5.41, 5.74) is 9.59. The number of hydrogen-bond acceptors (Lipinski definition) is 10. The lowest BCUT2D eigenvalue weighted by Crippen LogP contribution is -2.51. The molecule has 1 fully saturated rings. The maximum atomic E-state index is 12.1. The lowest BCUT2D eigenvalue weighted by Gasteiger charge is -2.37. The number of methoxy groups -OCH3 is 1. The number of nitrogens with zero attached hydrogens (tertiary/aromatic N) is 3. The number of azide groups is 1. The van der Waals surface area contributed by atoms with Gasteiger partial charge in [-0.15, -0.1) is 0 Å². The first-order valence-electron chi connectivity index (χ1n) is 9.87. The van der Waals surface area contributed by atoms with Crippen molar-refractivity contribution in [2.75, 3.05) is 20.0 Å². The summed E-state index contributed by atoms with van der Waals surface area (Å²) in [5, 5.41) is 5.93. The van der Waals surface area contributed by atoms with Gasteiger partial charge in [-0.2, -0.15) is 8.42 Å². The van der Waals surface area contributed by atoms with Gasteiger partial charge >= 0.3 is 12.1 Å². The van der Waals surface area contributed by atoms with Gasteiger partial charge in [-0.05, 0) is 24.4 Å². The molecule has 1 aliphatic rings. The predicted molar refractivity (Wildman–Crippen MR) is 113 cm³/mol. The van der Waals surface area contributed by atoms with Crippen LogP contribution >= 0.6 is 0 Å². The highest BCUT2D eigenvalue weighted by atomic mass is 32.2. The molecule has 0 bridgehead atoms. The largest absolute Gasteiger partial charge is 0.467 e. The SMILES string of the molecule is COC(=O)[C@H](CO[C@@H]1O[C@H](C)[C@@H](OS(C)(=O)=O)C[C@H]1N=[N+]=[N-])NC(=O)OCc1ccccc1. The van der Waals surface area contributed by atoms with Gasteiger partial charge in [0.25, 0.3) is 10.1 Å². The average Bonchev–Trinajstić information content (AvgIpc) is 2.77. The fourth-order valence-electron chi connectivity index (χ4n) is 3.00. The molecule has 1 saturated heterocycles. The second-order valence-corrected chi connectivity index (χ2v) is 8.77. The summed E-state index contributed by atoms with van der Waals surface area (Å²) < 4.78 is 48.8. The summed E-state index contributed by atoms with van der Waals surface area (Å²) in [5.74, 6) is -0.797. The maximum absolute atomic E-state index is 12.1. The molecule has 0 radical (unpaired) electrons. The highest BCUT2D eigenvalue weighted by molar-refractivity contribution is 7.86. The molecule has 1 aromatic rings. The number of carbonyl (C=O) groups excluding carboxylic acids is 2. The fraction of sp³-hybridized carbons (Fsp3) is 0.579. The second-order valence-electron chi connectivity index (χ2n) is 7.17. The van der Waals surface area contributed by atoms with Gasteiger partial charge in [-0.3, -0.25) is 4.18 Å². The molecule has 5 atom stereocenters. The fourth-order valence-corrected chi connectivity index (χ4v) is 3.68. The van der Waals surface area contributed by atoms with Crippen LogP contribution in [0.2, 0.25) is 0 Å². The molecule has 0 aromatic heterocycles. The van der Waals surface area contributed by atoms with Crippen molar-refractivity contribution in [2.24, 2.45) is 5.11 Å². The van der Waals surface area contributed by atoms with E-state index in [1.165, 1.54) is 0 Å². The van der Waals surface area contributed by atoms with Crippen LogP contribution in [0.25, 0.3) is 10.4 Å². The van der Waals surface area contributed by atoms with Crippen molar-refractivity contribution >= 4 is 22.2 Å². The maximum Gasteiger partial charge on any atom is 0.408 e. The Morgan fingerprint density at radius 1 is 1.33 bits per heavy atom. The Morgan fingerprint density at radius 2 is 2.03 bits per heavy atom. The van der Waals surface area contributed by atoms with E-state index in [1.54, 1.807) is 31.2 Å². The Balaban J connectivity index is 1.98. The molecule has 33 heavy (non-hydrogen) atoms. The third-order valence-corrected chi connectivity index (χ3v) is 5.17. The van der Waals surface area contributed by atoms with Crippen molar-refractivity contribution in [1.82, 2.24) is 5.32 Å². The minimum absolute atomic E-state index is 0.00159. The van der Waals surface area contributed by atoms with Gasteiger partial charge in [-0.1, -0.05) is 35.4 Å². The molecule has 0 unspecified atom stereocenters. The molecule has 2 rings (SSSR count). The van der Waals surface area contributed by atoms with Crippen molar-refractivity contribution in [2.45, 2.75) is 50.5 Å². The van der Waals surface area contributed by atoms with Gasteiger partial charge < -0.3 is 24.3 Å². The zero-order valence-corrected chi connectivity index (χ0v) is 19.1. The molecule has 1 aliphatic heterocycles. The van der Waals surface area contributed by atoms with Crippen LogP contribution in [-0.2, 0) is 44.7 Å². The van der Waals surface area contributed by atoms with Crippen LogP contribution in [0.4, 0.5) is 4.79 Å². The molecule has 1 amide bonds. The summed E-state index contributed by atoms with van der Waals surface area (Å²) in [4.78, 5) is 26.9. The van der Waals surface area contributed by atoms with Crippen LogP contribution in [0, 0.1) is 0 Å². The molecule has 13 nitrogen and oxygen atoms in total. The first kappa shape index (κ1) is 26.4. The van der Waals surface area contributed by atoms with E-state index >= 15 is 0 Å². The van der Waals surface area contributed by atoms with Crippen molar-refractivity contribution in [3.63, 3.8) is 0 Å². The van der Waals surface area contributed by atoms with Crippen LogP contribution in [0.15, 0.2) is 35.4 Å². The molecular formula is C19H26N4O9S. The first-order chi connectivity index (χ1) is 15.6. The number of nitrogens with one attached hydrogen (secondary N) is 1. The molecule has 1 aromatic carbocycles. The number of alkyl carbamates (subject to hydrolysis) is 1. The third kappa shape index (κ3) is 8.86. The van der Waals surface area contributed by atoms with Crippen LogP contribution < -0.4 is 5.32 Å². The lowest BCUT2D eigenvalue weighted by atomic mass is 10.0. The molecule has 1 heterocycles. The second kappa shape index (κ2) is 12.4. The molecule has 0 saturated carbocycles. The topological polar surface area (TPSA) is 175 Å². The van der Waals surface area contributed by atoms with Gasteiger partial charge in [0.15, 0.2) is 12.3 Å². The van der Waals surface area contributed by atoms with E-state index in [2.05, 4.69) is 20.1 Å². The van der Waals surface area contributed by atoms with E-state index < -0.39 is 52.8 Å². The van der Waals surface area contributed by atoms with Crippen LogP contribution in [0.3, 0.4) is 0 Å². The molecule has 0 aliphatic carbocycles. The molecule has 14 heteroatoms. The number of benzene rings is 1. The van der Waals surface area contributed by atoms with Gasteiger partial charge in [0.2, 0.25) is 0 Å². The Labute approximate surface area is 191 Å². The Kier molecular flexibility index (Phi) is 9.88. The molecular weight excluding hydrogens is 460 g/mol. The van der Waals surface area contributed by atoms with Gasteiger partial charge in [0.1, 0.15) is 12.7 Å². The van der Waals surface area contributed by atoms with Crippen LogP contribution in [0.1, 0.15) is 18.9 Å². The third-order valence-electron chi connectivity index (χ3n) is 4.58. The number of amides is 1. The summed E-state index contributed by atoms with van der Waals surface area (Å²) in [6, 6.07) is 6.76. The van der Waals surface area contributed by atoms with E-state index in [0.29, 0.717) is 0 Å². The summed E-state index contributed by atoms with van der Waals surface area (Å²) in [6.07, 6.45) is -2.71. The van der Waals surface area contributed by atoms with Crippen molar-refractivity contribution in [3.05, 3.63) is 46.3 Å². The Hall–Kier alpha value is -2.90. The van der Waals surface area contributed by atoms with Crippen molar-refractivity contribution in [3.8, 4) is 0 Å². The number of carbonyl (C=O) groups is 2. The highest BCUT2D eigenvalue weighted by Crippen LogP contribution is 2.27. The van der Waals surface area contributed by atoms with E-state index in [1.807, 2.05) is 6.07 Å². The van der Waals surface area contributed by atoms with Crippen molar-refractivity contribution < 1.29 is 41.1 Å². The van der Waals surface area contributed by atoms with E-state index in [9.17, 15) is 18.0 Å². The van der Waals surface area contributed by atoms with E-state index in [4.69, 9.17) is 23.9 Å². The van der Waals surface area contributed by atoms with Crippen LogP contribution in [-0.4, -0.2) is 71.0 Å². The van der Waals surface area contributed by atoms with Gasteiger partial charge in [0, 0.05) is 4.91 Å². The Bertz CT molecular complexity index is 953. The predicted octanol–water partition coefficient (Wildman–Crippen LogP) is 1.63. The summed E-state index contributed by atoms with van der Waals surface area (Å²) in [7, 11) is -2.63. The summed E-state index contributed by atoms with van der Waals surface area (Å²) >= 11 is 0. The molecule has 1 N–H and O–H groups in total. The molecule has 182 valence electrons. The van der Waals surface area contributed by atoms with Crippen molar-refractivity contribution in [1.29, 1.82) is 0 Å². The monoisotopic (exact) mass is 486 g/mol.